The van der Waals surface area contributed by atoms with Gasteiger partial charge in [-0.25, -0.2) is 0 Å². The van der Waals surface area contributed by atoms with Crippen molar-refractivity contribution in [2.45, 2.75) is 25.7 Å². The molecule has 3 rings (SSSR count). The molecule has 0 aromatic heterocycles. The van der Waals surface area contributed by atoms with Crippen molar-refractivity contribution in [1.29, 1.82) is 0 Å². The molecule has 2 aromatic carbocycles. The first-order valence-electron chi connectivity index (χ1n) is 5.75. The van der Waals surface area contributed by atoms with Crippen LogP contribution in [-0.4, -0.2) is 5.78 Å². The molecule has 0 spiro atoms. The molecule has 0 saturated carbocycles. The third-order valence-electron chi connectivity index (χ3n) is 3.57. The van der Waals surface area contributed by atoms with Crippen LogP contribution in [0.25, 0.3) is 10.8 Å². The molecule has 0 radical (unpaired) electrons. The van der Waals surface area contributed by atoms with Crippen LogP contribution in [0.3, 0.4) is 0 Å². The minimum Gasteiger partial charge on any atom is -0.294 e. The summed E-state index contributed by atoms with van der Waals surface area (Å²) in [5.74, 6) is 0.261. The van der Waals surface area contributed by atoms with Gasteiger partial charge in [0.25, 0.3) is 0 Å². The Bertz CT molecular complexity index is 641. The fraction of sp³-hybridized carbons (Fsp3) is 0.267. The molecular formula is C15H13BrO. The number of ketones is 1. The highest BCUT2D eigenvalue weighted by molar-refractivity contribution is 9.10. The van der Waals surface area contributed by atoms with E-state index in [-0.39, 0.29) is 11.2 Å². The molecule has 0 unspecified atom stereocenters. The van der Waals surface area contributed by atoms with Gasteiger partial charge >= 0.3 is 0 Å². The average molecular weight is 289 g/mol. The van der Waals surface area contributed by atoms with E-state index in [0.29, 0.717) is 6.42 Å². The van der Waals surface area contributed by atoms with Crippen molar-refractivity contribution in [3.05, 3.63) is 45.9 Å². The topological polar surface area (TPSA) is 17.1 Å². The van der Waals surface area contributed by atoms with Gasteiger partial charge in [0, 0.05) is 16.5 Å². The molecule has 0 N–H and O–H groups in total. The van der Waals surface area contributed by atoms with Gasteiger partial charge in [0.15, 0.2) is 5.78 Å². The van der Waals surface area contributed by atoms with E-state index in [4.69, 9.17) is 0 Å². The van der Waals surface area contributed by atoms with Crippen LogP contribution < -0.4 is 0 Å². The van der Waals surface area contributed by atoms with Crippen molar-refractivity contribution in [1.82, 2.24) is 0 Å². The Labute approximate surface area is 109 Å². The zero-order chi connectivity index (χ0) is 12.2. The minimum atomic E-state index is -0.0489. The van der Waals surface area contributed by atoms with Crippen molar-refractivity contribution in [2.24, 2.45) is 0 Å². The van der Waals surface area contributed by atoms with E-state index in [1.807, 2.05) is 18.2 Å². The number of carbonyl (C=O) groups is 1. The Balaban J connectivity index is 2.51. The zero-order valence-electron chi connectivity index (χ0n) is 9.88. The Kier molecular flexibility index (Phi) is 2.21. The fourth-order valence-electron chi connectivity index (χ4n) is 2.87. The number of Topliss-reactive ketones (excluding diaryl/α,β-unsaturated/α-hetero) is 1. The summed E-state index contributed by atoms with van der Waals surface area (Å²) < 4.78 is 1.01. The summed E-state index contributed by atoms with van der Waals surface area (Å²) in [5, 5.41) is 2.39. The van der Waals surface area contributed by atoms with Crippen LogP contribution in [0.2, 0.25) is 0 Å². The first-order chi connectivity index (χ1) is 8.00. The Morgan fingerprint density at radius 3 is 2.53 bits per heavy atom. The van der Waals surface area contributed by atoms with Crippen LogP contribution >= 0.6 is 15.9 Å². The van der Waals surface area contributed by atoms with Gasteiger partial charge in [0.05, 0.1) is 0 Å². The van der Waals surface area contributed by atoms with Crippen LogP contribution in [0.15, 0.2) is 34.8 Å². The maximum atomic E-state index is 12.1. The lowest BCUT2D eigenvalue weighted by atomic mass is 9.83. The molecule has 0 atom stereocenters. The summed E-state index contributed by atoms with van der Waals surface area (Å²) in [7, 11) is 0. The number of halogens is 1. The van der Waals surface area contributed by atoms with Gasteiger partial charge in [-0.2, -0.15) is 0 Å². The third kappa shape index (κ3) is 1.47. The van der Waals surface area contributed by atoms with E-state index in [2.05, 4.69) is 41.9 Å². The molecule has 2 aromatic rings. The largest absolute Gasteiger partial charge is 0.294 e. The van der Waals surface area contributed by atoms with Crippen molar-refractivity contribution in [3.8, 4) is 0 Å². The van der Waals surface area contributed by atoms with Gasteiger partial charge in [0.1, 0.15) is 0 Å². The number of benzene rings is 2. The first kappa shape index (κ1) is 11.0. The summed E-state index contributed by atoms with van der Waals surface area (Å²) in [4.78, 5) is 12.1. The average Bonchev–Trinajstić information content (AvgIpc) is 2.49. The molecule has 2 heteroatoms. The highest BCUT2D eigenvalue weighted by atomic mass is 79.9. The second-order valence-electron chi connectivity index (χ2n) is 5.31. The summed E-state index contributed by atoms with van der Waals surface area (Å²) >= 11 is 3.56. The molecule has 0 bridgehead atoms. The molecule has 0 aliphatic heterocycles. The quantitative estimate of drug-likeness (QED) is 0.699. The normalized spacial score (nSPS) is 17.5. The SMILES string of the molecule is CC1(C)CC(=O)c2cc(Br)c3ccccc3c21. The molecule has 0 fully saturated rings. The second-order valence-corrected chi connectivity index (χ2v) is 6.16. The fourth-order valence-corrected chi connectivity index (χ4v) is 3.44. The Morgan fingerprint density at radius 2 is 1.82 bits per heavy atom. The number of hydrogen-bond donors (Lipinski definition) is 0. The van der Waals surface area contributed by atoms with Crippen LogP contribution in [0.1, 0.15) is 36.2 Å². The Morgan fingerprint density at radius 1 is 1.18 bits per heavy atom. The molecule has 0 amide bonds. The van der Waals surface area contributed by atoms with Gasteiger partial charge in [0.2, 0.25) is 0 Å². The van der Waals surface area contributed by atoms with Crippen molar-refractivity contribution in [2.75, 3.05) is 0 Å². The van der Waals surface area contributed by atoms with Crippen LogP contribution in [0, 0.1) is 0 Å². The Hall–Kier alpha value is -1.15. The van der Waals surface area contributed by atoms with Crippen LogP contribution in [0.5, 0.6) is 0 Å². The van der Waals surface area contributed by atoms with Gasteiger partial charge in [-0.15, -0.1) is 0 Å². The van der Waals surface area contributed by atoms with Crippen molar-refractivity contribution >= 4 is 32.5 Å². The van der Waals surface area contributed by atoms with Crippen LogP contribution in [0.4, 0.5) is 0 Å². The van der Waals surface area contributed by atoms with E-state index in [0.717, 1.165) is 10.0 Å². The number of fused-ring (bicyclic) bond motifs is 3. The predicted octanol–water partition coefficient (Wildman–Crippen LogP) is 4.47. The van der Waals surface area contributed by atoms with E-state index < -0.39 is 0 Å². The van der Waals surface area contributed by atoms with Gasteiger partial charge in [-0.05, 0) is 27.8 Å². The van der Waals surface area contributed by atoms with Gasteiger partial charge in [-0.3, -0.25) is 4.79 Å². The van der Waals surface area contributed by atoms with E-state index in [9.17, 15) is 4.79 Å². The molecule has 1 aliphatic rings. The van der Waals surface area contributed by atoms with Crippen LogP contribution in [-0.2, 0) is 5.41 Å². The summed E-state index contributed by atoms with van der Waals surface area (Å²) in [6.45, 7) is 4.30. The van der Waals surface area contributed by atoms with Gasteiger partial charge in [-0.1, -0.05) is 54.0 Å². The van der Waals surface area contributed by atoms with E-state index >= 15 is 0 Å². The maximum Gasteiger partial charge on any atom is 0.164 e. The summed E-state index contributed by atoms with van der Waals surface area (Å²) in [5.41, 5.74) is 2.05. The lowest BCUT2D eigenvalue weighted by molar-refractivity contribution is 0.0979. The molecule has 17 heavy (non-hydrogen) atoms. The highest BCUT2D eigenvalue weighted by Gasteiger charge is 2.37. The van der Waals surface area contributed by atoms with Crippen molar-refractivity contribution in [3.63, 3.8) is 0 Å². The molecule has 0 saturated heterocycles. The van der Waals surface area contributed by atoms with E-state index in [1.54, 1.807) is 0 Å². The summed E-state index contributed by atoms with van der Waals surface area (Å²) in [6.07, 6.45) is 0.614. The number of carbonyl (C=O) groups excluding carboxylic acids is 1. The zero-order valence-corrected chi connectivity index (χ0v) is 11.5. The minimum absolute atomic E-state index is 0.0489. The monoisotopic (exact) mass is 288 g/mol. The number of rotatable bonds is 0. The number of hydrogen-bond acceptors (Lipinski definition) is 1. The van der Waals surface area contributed by atoms with Crippen molar-refractivity contribution < 1.29 is 4.79 Å². The third-order valence-corrected chi connectivity index (χ3v) is 4.23. The molecule has 1 nitrogen and oxygen atoms in total. The van der Waals surface area contributed by atoms with Gasteiger partial charge < -0.3 is 0 Å². The highest BCUT2D eigenvalue weighted by Crippen LogP contribution is 2.44. The lowest BCUT2D eigenvalue weighted by Gasteiger charge is -2.20. The lowest BCUT2D eigenvalue weighted by Crippen LogP contribution is -2.13. The second kappa shape index (κ2) is 3.42. The molecule has 86 valence electrons. The molecule has 1 aliphatic carbocycles. The predicted molar refractivity (Wildman–Crippen MR) is 73.6 cm³/mol. The molecule has 0 heterocycles. The smallest absolute Gasteiger partial charge is 0.164 e. The summed E-state index contributed by atoms with van der Waals surface area (Å²) in [6, 6.07) is 10.3. The standard InChI is InChI=1S/C15H13BrO/c1-15(2)8-13(17)11-7-12(16)9-5-3-4-6-10(9)14(11)15/h3-7H,8H2,1-2H3. The first-order valence-corrected chi connectivity index (χ1v) is 6.55. The maximum absolute atomic E-state index is 12.1. The van der Waals surface area contributed by atoms with E-state index in [1.165, 1.54) is 16.3 Å². The molecular weight excluding hydrogens is 276 g/mol.